The second-order valence-corrected chi connectivity index (χ2v) is 7.65. The van der Waals surface area contributed by atoms with Crippen LogP contribution in [0.25, 0.3) is 0 Å². The summed E-state index contributed by atoms with van der Waals surface area (Å²) >= 11 is 0. The molecule has 0 aliphatic carbocycles. The maximum absolute atomic E-state index is 5.78. The van der Waals surface area contributed by atoms with Gasteiger partial charge in [0.15, 0.2) is 5.96 Å². The number of hydrogen-bond acceptors (Lipinski definition) is 4. The number of aliphatic imine (C=N–C) groups is 1. The number of rotatable bonds is 8. The normalized spacial score (nSPS) is 15.9. The Labute approximate surface area is 203 Å². The number of hydrogen-bond donors (Lipinski definition) is 2. The SMILES string of the molecule is CCOc1cc(C)ccc1CNC(=NC)NCC1CCN(c2cccc(OC)c2)C1.I. The van der Waals surface area contributed by atoms with Crippen LogP contribution in [0.2, 0.25) is 0 Å². The fourth-order valence-electron chi connectivity index (χ4n) is 3.78. The van der Waals surface area contributed by atoms with Gasteiger partial charge < -0.3 is 25.0 Å². The van der Waals surface area contributed by atoms with Crippen LogP contribution in [-0.4, -0.2) is 46.4 Å². The molecule has 6 nitrogen and oxygen atoms in total. The molecule has 2 aromatic rings. The minimum absolute atomic E-state index is 0. The van der Waals surface area contributed by atoms with Gasteiger partial charge in [-0.05, 0) is 49.9 Å². The molecule has 0 amide bonds. The van der Waals surface area contributed by atoms with Gasteiger partial charge in [0.2, 0.25) is 0 Å². The Bertz CT molecular complexity index is 859. The molecule has 0 saturated carbocycles. The standard InChI is InChI=1S/C24H34N4O2.HI/c1-5-30-23-13-18(2)9-10-20(23)16-27-24(25-3)26-15-19-11-12-28(17-19)21-7-6-8-22(14-21)29-4;/h6-10,13-14,19H,5,11-12,15-17H2,1-4H3,(H2,25,26,27);1H. The Hall–Kier alpha value is -2.16. The first kappa shape index (κ1) is 25.1. The number of ether oxygens (including phenoxy) is 2. The lowest BCUT2D eigenvalue weighted by molar-refractivity contribution is 0.336. The Kier molecular flexibility index (Phi) is 10.2. The van der Waals surface area contributed by atoms with Crippen LogP contribution in [0.1, 0.15) is 24.5 Å². The van der Waals surface area contributed by atoms with Crippen molar-refractivity contribution in [2.75, 3.05) is 45.3 Å². The monoisotopic (exact) mass is 538 g/mol. The molecule has 2 N–H and O–H groups in total. The van der Waals surface area contributed by atoms with E-state index in [-0.39, 0.29) is 24.0 Å². The van der Waals surface area contributed by atoms with E-state index < -0.39 is 0 Å². The molecule has 2 aromatic carbocycles. The van der Waals surface area contributed by atoms with Crippen LogP contribution in [0.3, 0.4) is 0 Å². The van der Waals surface area contributed by atoms with E-state index in [1.807, 2.05) is 26.1 Å². The first-order chi connectivity index (χ1) is 14.6. The predicted octanol–water partition coefficient (Wildman–Crippen LogP) is 4.21. The lowest BCUT2D eigenvalue weighted by atomic mass is 10.1. The number of guanidine groups is 1. The van der Waals surface area contributed by atoms with Gasteiger partial charge in [-0.1, -0.05) is 18.2 Å². The van der Waals surface area contributed by atoms with Gasteiger partial charge in [0.05, 0.1) is 13.7 Å². The van der Waals surface area contributed by atoms with E-state index in [0.29, 0.717) is 19.1 Å². The van der Waals surface area contributed by atoms with Gasteiger partial charge in [-0.25, -0.2) is 0 Å². The first-order valence-electron chi connectivity index (χ1n) is 10.7. The highest BCUT2D eigenvalue weighted by atomic mass is 127. The predicted molar refractivity (Wildman–Crippen MR) is 139 cm³/mol. The Morgan fingerprint density at radius 2 is 2.03 bits per heavy atom. The molecule has 1 saturated heterocycles. The number of halogens is 1. The van der Waals surface area contributed by atoms with Crippen molar-refractivity contribution < 1.29 is 9.47 Å². The zero-order valence-electron chi connectivity index (χ0n) is 19.0. The van der Waals surface area contributed by atoms with Crippen LogP contribution in [0.5, 0.6) is 11.5 Å². The van der Waals surface area contributed by atoms with E-state index in [4.69, 9.17) is 9.47 Å². The number of anilines is 1. The fraction of sp³-hybridized carbons (Fsp3) is 0.458. The van der Waals surface area contributed by atoms with Crippen LogP contribution in [0.15, 0.2) is 47.5 Å². The molecule has 170 valence electrons. The molecule has 0 bridgehead atoms. The number of aryl methyl sites for hydroxylation is 1. The zero-order chi connectivity index (χ0) is 21.3. The van der Waals surface area contributed by atoms with Gasteiger partial charge in [-0.2, -0.15) is 0 Å². The summed E-state index contributed by atoms with van der Waals surface area (Å²) in [6.45, 7) is 8.42. The third-order valence-electron chi connectivity index (χ3n) is 5.45. The van der Waals surface area contributed by atoms with E-state index >= 15 is 0 Å². The average molecular weight is 538 g/mol. The topological polar surface area (TPSA) is 58.1 Å². The molecule has 1 atom stereocenters. The Morgan fingerprint density at radius 3 is 2.77 bits per heavy atom. The molecule has 7 heteroatoms. The van der Waals surface area contributed by atoms with Gasteiger partial charge in [0.25, 0.3) is 0 Å². The van der Waals surface area contributed by atoms with Crippen molar-refractivity contribution in [1.29, 1.82) is 0 Å². The van der Waals surface area contributed by atoms with Crippen LogP contribution >= 0.6 is 24.0 Å². The van der Waals surface area contributed by atoms with Gasteiger partial charge in [0.1, 0.15) is 11.5 Å². The summed E-state index contributed by atoms with van der Waals surface area (Å²) < 4.78 is 11.1. The summed E-state index contributed by atoms with van der Waals surface area (Å²) in [5.74, 6) is 3.23. The lowest BCUT2D eigenvalue weighted by Gasteiger charge is -2.20. The largest absolute Gasteiger partial charge is 0.497 e. The molecular formula is C24H35IN4O2. The molecule has 3 rings (SSSR count). The third-order valence-corrected chi connectivity index (χ3v) is 5.45. The Balaban J connectivity index is 0.00000341. The molecule has 1 aliphatic rings. The van der Waals surface area contributed by atoms with Crippen molar-refractivity contribution in [1.82, 2.24) is 10.6 Å². The molecule has 1 unspecified atom stereocenters. The molecular weight excluding hydrogens is 503 g/mol. The minimum atomic E-state index is 0. The number of nitrogens with one attached hydrogen (secondary N) is 2. The molecule has 0 spiro atoms. The quantitative estimate of drug-likeness (QED) is 0.300. The van der Waals surface area contributed by atoms with E-state index in [2.05, 4.69) is 57.8 Å². The molecule has 0 aromatic heterocycles. The van der Waals surface area contributed by atoms with Crippen molar-refractivity contribution in [3.63, 3.8) is 0 Å². The van der Waals surface area contributed by atoms with Crippen LogP contribution < -0.4 is 25.0 Å². The first-order valence-corrected chi connectivity index (χ1v) is 10.7. The molecule has 31 heavy (non-hydrogen) atoms. The summed E-state index contributed by atoms with van der Waals surface area (Å²) in [4.78, 5) is 6.80. The van der Waals surface area contributed by atoms with Crippen molar-refractivity contribution in [3.05, 3.63) is 53.6 Å². The summed E-state index contributed by atoms with van der Waals surface area (Å²) in [5.41, 5.74) is 3.56. The molecule has 1 heterocycles. The highest BCUT2D eigenvalue weighted by Gasteiger charge is 2.23. The second-order valence-electron chi connectivity index (χ2n) is 7.65. The lowest BCUT2D eigenvalue weighted by Crippen LogP contribution is -2.40. The molecule has 0 radical (unpaired) electrons. The average Bonchev–Trinajstić information content (AvgIpc) is 3.24. The third kappa shape index (κ3) is 7.19. The minimum Gasteiger partial charge on any atom is -0.497 e. The van der Waals surface area contributed by atoms with E-state index in [1.54, 1.807) is 7.11 Å². The van der Waals surface area contributed by atoms with E-state index in [0.717, 1.165) is 49.1 Å². The van der Waals surface area contributed by atoms with Crippen molar-refractivity contribution in [2.24, 2.45) is 10.9 Å². The van der Waals surface area contributed by atoms with Gasteiger partial charge >= 0.3 is 0 Å². The number of nitrogens with zero attached hydrogens (tertiary/aromatic N) is 2. The zero-order valence-corrected chi connectivity index (χ0v) is 21.3. The van der Waals surface area contributed by atoms with Crippen LogP contribution in [0, 0.1) is 12.8 Å². The van der Waals surface area contributed by atoms with Crippen molar-refractivity contribution >= 4 is 35.6 Å². The number of benzene rings is 2. The van der Waals surface area contributed by atoms with Crippen LogP contribution in [-0.2, 0) is 6.54 Å². The van der Waals surface area contributed by atoms with Crippen molar-refractivity contribution in [3.8, 4) is 11.5 Å². The van der Waals surface area contributed by atoms with Gasteiger partial charge in [0, 0.05) is 50.5 Å². The highest BCUT2D eigenvalue weighted by molar-refractivity contribution is 14.0. The van der Waals surface area contributed by atoms with Crippen LogP contribution in [0.4, 0.5) is 5.69 Å². The maximum Gasteiger partial charge on any atom is 0.191 e. The second kappa shape index (κ2) is 12.6. The summed E-state index contributed by atoms with van der Waals surface area (Å²) in [6.07, 6.45) is 1.16. The summed E-state index contributed by atoms with van der Waals surface area (Å²) in [7, 11) is 3.52. The maximum atomic E-state index is 5.78. The van der Waals surface area contributed by atoms with Gasteiger partial charge in [-0.15, -0.1) is 24.0 Å². The highest BCUT2D eigenvalue weighted by Crippen LogP contribution is 2.26. The summed E-state index contributed by atoms with van der Waals surface area (Å²) in [6, 6.07) is 14.6. The molecule has 1 fully saturated rings. The Morgan fingerprint density at radius 1 is 1.19 bits per heavy atom. The fourth-order valence-corrected chi connectivity index (χ4v) is 3.78. The summed E-state index contributed by atoms with van der Waals surface area (Å²) in [5, 5.41) is 6.90. The number of methoxy groups -OCH3 is 1. The van der Waals surface area contributed by atoms with Gasteiger partial charge in [-0.3, -0.25) is 4.99 Å². The van der Waals surface area contributed by atoms with Crippen molar-refractivity contribution in [2.45, 2.75) is 26.8 Å². The van der Waals surface area contributed by atoms with E-state index in [1.165, 1.54) is 11.3 Å². The van der Waals surface area contributed by atoms with E-state index in [9.17, 15) is 0 Å². The molecule has 1 aliphatic heterocycles. The smallest absolute Gasteiger partial charge is 0.191 e.